The first-order valence-electron chi connectivity index (χ1n) is 5.59. The molecular formula is C13H16FN3. The minimum Gasteiger partial charge on any atom is -0.316 e. The monoisotopic (exact) mass is 233 g/mol. The van der Waals surface area contributed by atoms with Crippen LogP contribution in [0.1, 0.15) is 17.0 Å². The van der Waals surface area contributed by atoms with Crippen LogP contribution < -0.4 is 5.32 Å². The summed E-state index contributed by atoms with van der Waals surface area (Å²) in [5, 5.41) is 7.37. The Morgan fingerprint density at radius 3 is 2.71 bits per heavy atom. The Hall–Kier alpha value is -1.68. The molecule has 4 heteroatoms. The number of hydrogen-bond donors (Lipinski definition) is 1. The fraction of sp³-hybridized carbons (Fsp3) is 0.308. The van der Waals surface area contributed by atoms with E-state index in [0.29, 0.717) is 12.1 Å². The van der Waals surface area contributed by atoms with Crippen molar-refractivity contribution in [2.75, 3.05) is 7.05 Å². The molecule has 0 unspecified atom stereocenters. The van der Waals surface area contributed by atoms with Crippen LogP contribution in [0.15, 0.2) is 24.3 Å². The number of nitrogens with zero attached hydrogens (tertiary/aromatic N) is 2. The van der Waals surface area contributed by atoms with Crippen molar-refractivity contribution in [3.05, 3.63) is 47.0 Å². The largest absolute Gasteiger partial charge is 0.316 e. The SMILES string of the molecule is CNCc1c(F)cccc1-n1nc(C)cc1C. The van der Waals surface area contributed by atoms with Crippen molar-refractivity contribution in [2.24, 2.45) is 0 Å². The van der Waals surface area contributed by atoms with E-state index in [2.05, 4.69) is 10.4 Å². The molecule has 0 aliphatic heterocycles. The predicted octanol–water partition coefficient (Wildman–Crippen LogP) is 2.35. The summed E-state index contributed by atoms with van der Waals surface area (Å²) in [7, 11) is 1.80. The molecule has 1 heterocycles. The maximum absolute atomic E-state index is 13.8. The highest BCUT2D eigenvalue weighted by atomic mass is 19.1. The molecule has 2 rings (SSSR count). The van der Waals surface area contributed by atoms with Gasteiger partial charge in [-0.15, -0.1) is 0 Å². The van der Waals surface area contributed by atoms with Crippen LogP contribution in [0, 0.1) is 19.7 Å². The molecule has 0 saturated carbocycles. The van der Waals surface area contributed by atoms with Gasteiger partial charge in [0.05, 0.1) is 11.4 Å². The highest BCUT2D eigenvalue weighted by molar-refractivity contribution is 5.42. The zero-order valence-electron chi connectivity index (χ0n) is 10.3. The molecule has 1 aromatic carbocycles. The van der Waals surface area contributed by atoms with Gasteiger partial charge >= 0.3 is 0 Å². The Morgan fingerprint density at radius 1 is 1.35 bits per heavy atom. The van der Waals surface area contributed by atoms with Crippen molar-refractivity contribution < 1.29 is 4.39 Å². The lowest BCUT2D eigenvalue weighted by Gasteiger charge is -2.11. The Kier molecular flexibility index (Phi) is 3.24. The van der Waals surface area contributed by atoms with E-state index in [-0.39, 0.29) is 5.82 Å². The summed E-state index contributed by atoms with van der Waals surface area (Å²) < 4.78 is 15.6. The molecule has 0 atom stereocenters. The minimum atomic E-state index is -0.204. The maximum Gasteiger partial charge on any atom is 0.129 e. The molecule has 2 aromatic rings. The van der Waals surface area contributed by atoms with Crippen LogP contribution in [0.4, 0.5) is 4.39 Å². The zero-order valence-corrected chi connectivity index (χ0v) is 10.3. The summed E-state index contributed by atoms with van der Waals surface area (Å²) in [6.45, 7) is 4.38. The van der Waals surface area contributed by atoms with Crippen molar-refractivity contribution in [2.45, 2.75) is 20.4 Å². The minimum absolute atomic E-state index is 0.204. The van der Waals surface area contributed by atoms with Crippen LogP contribution in [0.25, 0.3) is 5.69 Å². The van der Waals surface area contributed by atoms with E-state index in [4.69, 9.17) is 0 Å². The van der Waals surface area contributed by atoms with Crippen molar-refractivity contribution in [3.8, 4) is 5.69 Å². The van der Waals surface area contributed by atoms with E-state index in [1.165, 1.54) is 6.07 Å². The van der Waals surface area contributed by atoms with Crippen LogP contribution >= 0.6 is 0 Å². The van der Waals surface area contributed by atoms with Crippen molar-refractivity contribution in [1.29, 1.82) is 0 Å². The fourth-order valence-electron chi connectivity index (χ4n) is 1.97. The van der Waals surface area contributed by atoms with Gasteiger partial charge in [-0.1, -0.05) is 6.07 Å². The van der Waals surface area contributed by atoms with Gasteiger partial charge < -0.3 is 5.32 Å². The van der Waals surface area contributed by atoms with Gasteiger partial charge in [0.1, 0.15) is 5.82 Å². The van der Waals surface area contributed by atoms with Crippen LogP contribution in [-0.4, -0.2) is 16.8 Å². The van der Waals surface area contributed by atoms with Crippen molar-refractivity contribution in [1.82, 2.24) is 15.1 Å². The molecule has 1 N–H and O–H groups in total. The van der Waals surface area contributed by atoms with Gasteiger partial charge in [0.25, 0.3) is 0 Å². The van der Waals surface area contributed by atoms with Crippen LogP contribution in [0.2, 0.25) is 0 Å². The Morgan fingerprint density at radius 2 is 2.12 bits per heavy atom. The first-order chi connectivity index (χ1) is 8.13. The number of hydrogen-bond acceptors (Lipinski definition) is 2. The highest BCUT2D eigenvalue weighted by Crippen LogP contribution is 2.19. The number of nitrogens with one attached hydrogen (secondary N) is 1. The molecular weight excluding hydrogens is 217 g/mol. The standard InChI is InChI=1S/C13H16FN3/c1-9-7-10(2)17(16-9)13-6-4-5-12(14)11(13)8-15-3/h4-7,15H,8H2,1-3H3. The third kappa shape index (κ3) is 2.22. The molecule has 0 amide bonds. The quantitative estimate of drug-likeness (QED) is 0.882. The van der Waals surface area contributed by atoms with E-state index in [0.717, 1.165) is 17.1 Å². The van der Waals surface area contributed by atoms with Gasteiger partial charge in [0.15, 0.2) is 0 Å². The summed E-state index contributed by atoms with van der Waals surface area (Å²) in [5.41, 5.74) is 3.37. The predicted molar refractivity (Wildman–Crippen MR) is 65.8 cm³/mol. The average molecular weight is 233 g/mol. The van der Waals surface area contributed by atoms with E-state index < -0.39 is 0 Å². The first kappa shape index (κ1) is 11.8. The molecule has 0 aliphatic carbocycles. The molecule has 17 heavy (non-hydrogen) atoms. The van der Waals surface area contributed by atoms with E-state index in [1.54, 1.807) is 17.8 Å². The molecule has 0 radical (unpaired) electrons. The first-order valence-corrected chi connectivity index (χ1v) is 5.59. The fourth-order valence-corrected chi connectivity index (χ4v) is 1.97. The molecule has 0 saturated heterocycles. The number of benzene rings is 1. The molecule has 3 nitrogen and oxygen atoms in total. The lowest BCUT2D eigenvalue weighted by Crippen LogP contribution is -2.12. The summed E-state index contributed by atoms with van der Waals surface area (Å²) >= 11 is 0. The van der Waals surface area contributed by atoms with Gasteiger partial charge in [0, 0.05) is 17.8 Å². The summed E-state index contributed by atoms with van der Waals surface area (Å²) in [6.07, 6.45) is 0. The summed E-state index contributed by atoms with van der Waals surface area (Å²) in [5.74, 6) is -0.204. The van der Waals surface area contributed by atoms with E-state index in [9.17, 15) is 4.39 Å². The van der Waals surface area contributed by atoms with Crippen molar-refractivity contribution in [3.63, 3.8) is 0 Å². The second-order valence-electron chi connectivity index (χ2n) is 4.11. The topological polar surface area (TPSA) is 29.9 Å². The van der Waals surface area contributed by atoms with E-state index >= 15 is 0 Å². The average Bonchev–Trinajstić information content (AvgIpc) is 2.61. The third-order valence-corrected chi connectivity index (χ3v) is 2.69. The second-order valence-corrected chi connectivity index (χ2v) is 4.11. The molecule has 1 aromatic heterocycles. The summed E-state index contributed by atoms with van der Waals surface area (Å²) in [6, 6.07) is 7.05. The van der Waals surface area contributed by atoms with Crippen LogP contribution in [0.3, 0.4) is 0 Å². The smallest absolute Gasteiger partial charge is 0.129 e. The number of halogens is 1. The Balaban J connectivity index is 2.58. The normalized spacial score (nSPS) is 10.8. The van der Waals surface area contributed by atoms with Gasteiger partial charge in [-0.3, -0.25) is 0 Å². The number of rotatable bonds is 3. The number of aromatic nitrogens is 2. The molecule has 0 spiro atoms. The van der Waals surface area contributed by atoms with Gasteiger partial charge in [-0.05, 0) is 39.1 Å². The number of aryl methyl sites for hydroxylation is 2. The van der Waals surface area contributed by atoms with Crippen LogP contribution in [0.5, 0.6) is 0 Å². The lowest BCUT2D eigenvalue weighted by molar-refractivity contribution is 0.596. The lowest BCUT2D eigenvalue weighted by atomic mass is 10.1. The maximum atomic E-state index is 13.8. The van der Waals surface area contributed by atoms with Gasteiger partial charge in [-0.25, -0.2) is 9.07 Å². The molecule has 0 fully saturated rings. The molecule has 0 aliphatic rings. The van der Waals surface area contributed by atoms with Crippen molar-refractivity contribution >= 4 is 0 Å². The third-order valence-electron chi connectivity index (χ3n) is 2.69. The van der Waals surface area contributed by atoms with Crippen LogP contribution in [-0.2, 0) is 6.54 Å². The highest BCUT2D eigenvalue weighted by Gasteiger charge is 2.11. The second kappa shape index (κ2) is 4.67. The molecule has 0 bridgehead atoms. The zero-order chi connectivity index (χ0) is 12.4. The molecule has 90 valence electrons. The van der Waals surface area contributed by atoms with Gasteiger partial charge in [-0.2, -0.15) is 5.10 Å². The Bertz CT molecular complexity index is 531. The van der Waals surface area contributed by atoms with E-state index in [1.807, 2.05) is 26.0 Å². The van der Waals surface area contributed by atoms with Gasteiger partial charge in [0.2, 0.25) is 0 Å². The Labute approximate surface area is 100 Å². The summed E-state index contributed by atoms with van der Waals surface area (Å²) in [4.78, 5) is 0.